The fraction of sp³-hybridized carbons (Fsp3) is 0.143. The minimum Gasteiger partial charge on any atom is -0.508 e. The van der Waals surface area contributed by atoms with Crippen molar-refractivity contribution >= 4 is 21.6 Å². The molecule has 0 spiro atoms. The number of hydrogen-bond donors (Lipinski definition) is 2. The summed E-state index contributed by atoms with van der Waals surface area (Å²) >= 11 is 3.42. The Hall–Kier alpha value is -1.75. The highest BCUT2D eigenvalue weighted by atomic mass is 79.9. The third-order valence-electron chi connectivity index (χ3n) is 2.60. The first-order valence-electron chi connectivity index (χ1n) is 5.64. The molecule has 3 nitrogen and oxygen atoms in total. The summed E-state index contributed by atoms with van der Waals surface area (Å²) < 4.78 is 19.2. The van der Waals surface area contributed by atoms with Crippen LogP contribution in [-0.2, 0) is 6.54 Å². The van der Waals surface area contributed by atoms with E-state index in [1.807, 2.05) is 18.2 Å². The molecule has 2 aromatic rings. The molecular weight excluding hydrogens is 313 g/mol. The number of benzene rings is 2. The normalized spacial score (nSPS) is 10.3. The van der Waals surface area contributed by atoms with Gasteiger partial charge in [0.05, 0.1) is 12.8 Å². The SMILES string of the molecule is COc1ccc(Br)c(NCc2cc(O)cc(F)c2)c1. The summed E-state index contributed by atoms with van der Waals surface area (Å²) in [4.78, 5) is 0. The van der Waals surface area contributed by atoms with Gasteiger partial charge in [-0.05, 0) is 45.8 Å². The highest BCUT2D eigenvalue weighted by Gasteiger charge is 2.04. The summed E-state index contributed by atoms with van der Waals surface area (Å²) in [7, 11) is 1.59. The van der Waals surface area contributed by atoms with Crippen molar-refractivity contribution in [3.8, 4) is 11.5 Å². The van der Waals surface area contributed by atoms with Gasteiger partial charge in [-0.15, -0.1) is 0 Å². The van der Waals surface area contributed by atoms with Gasteiger partial charge in [0.2, 0.25) is 0 Å². The van der Waals surface area contributed by atoms with Crippen molar-refractivity contribution in [1.29, 1.82) is 0 Å². The molecule has 0 unspecified atom stereocenters. The van der Waals surface area contributed by atoms with E-state index < -0.39 is 5.82 Å². The number of nitrogens with one attached hydrogen (secondary N) is 1. The van der Waals surface area contributed by atoms with Crippen LogP contribution in [0.1, 0.15) is 5.56 Å². The summed E-state index contributed by atoms with van der Waals surface area (Å²) in [5, 5.41) is 12.5. The molecular formula is C14H13BrFNO2. The maximum atomic E-state index is 13.1. The molecule has 2 aromatic carbocycles. The summed E-state index contributed by atoms with van der Waals surface area (Å²) in [5.41, 5.74) is 1.50. The van der Waals surface area contributed by atoms with Crippen LogP contribution in [0.3, 0.4) is 0 Å². The van der Waals surface area contributed by atoms with E-state index in [1.54, 1.807) is 7.11 Å². The van der Waals surface area contributed by atoms with E-state index in [2.05, 4.69) is 21.2 Å². The van der Waals surface area contributed by atoms with E-state index in [0.717, 1.165) is 22.0 Å². The van der Waals surface area contributed by atoms with Gasteiger partial charge >= 0.3 is 0 Å². The van der Waals surface area contributed by atoms with Gasteiger partial charge in [-0.1, -0.05) is 0 Å². The molecule has 0 atom stereocenters. The molecule has 0 aliphatic carbocycles. The van der Waals surface area contributed by atoms with Gasteiger partial charge in [0, 0.05) is 23.2 Å². The van der Waals surface area contributed by atoms with E-state index in [-0.39, 0.29) is 5.75 Å². The predicted octanol–water partition coefficient (Wildman–Crippen LogP) is 3.91. The monoisotopic (exact) mass is 325 g/mol. The summed E-state index contributed by atoms with van der Waals surface area (Å²) in [5.74, 6) is 0.191. The quantitative estimate of drug-likeness (QED) is 0.895. The largest absolute Gasteiger partial charge is 0.508 e. The zero-order valence-electron chi connectivity index (χ0n) is 10.3. The number of aromatic hydroxyl groups is 1. The minimum absolute atomic E-state index is 0.0819. The molecule has 2 rings (SSSR count). The van der Waals surface area contributed by atoms with E-state index in [9.17, 15) is 9.50 Å². The van der Waals surface area contributed by atoms with E-state index in [0.29, 0.717) is 12.1 Å². The van der Waals surface area contributed by atoms with Gasteiger partial charge in [-0.2, -0.15) is 0 Å². The molecule has 100 valence electrons. The highest BCUT2D eigenvalue weighted by Crippen LogP contribution is 2.27. The second-order valence-electron chi connectivity index (χ2n) is 4.02. The summed E-state index contributed by atoms with van der Waals surface area (Å²) in [6.07, 6.45) is 0. The molecule has 0 saturated carbocycles. The van der Waals surface area contributed by atoms with Gasteiger partial charge in [-0.25, -0.2) is 4.39 Å². The number of phenolic OH excluding ortho intramolecular Hbond substituents is 1. The van der Waals surface area contributed by atoms with E-state index in [1.165, 1.54) is 12.1 Å². The van der Waals surface area contributed by atoms with Crippen molar-refractivity contribution in [3.05, 3.63) is 52.3 Å². The lowest BCUT2D eigenvalue weighted by Gasteiger charge is -2.10. The third-order valence-corrected chi connectivity index (χ3v) is 3.29. The first kappa shape index (κ1) is 13.7. The van der Waals surface area contributed by atoms with Crippen LogP contribution in [0.15, 0.2) is 40.9 Å². The lowest BCUT2D eigenvalue weighted by molar-refractivity contribution is 0.415. The predicted molar refractivity (Wildman–Crippen MR) is 76.1 cm³/mol. The Morgan fingerprint density at radius 3 is 2.74 bits per heavy atom. The Morgan fingerprint density at radius 1 is 1.26 bits per heavy atom. The van der Waals surface area contributed by atoms with Crippen LogP contribution in [0, 0.1) is 5.82 Å². The van der Waals surface area contributed by atoms with Crippen molar-refractivity contribution in [3.63, 3.8) is 0 Å². The van der Waals surface area contributed by atoms with Gasteiger partial charge in [0.1, 0.15) is 17.3 Å². The number of anilines is 1. The second-order valence-corrected chi connectivity index (χ2v) is 4.87. The van der Waals surface area contributed by atoms with Gasteiger partial charge in [-0.3, -0.25) is 0 Å². The topological polar surface area (TPSA) is 41.5 Å². The lowest BCUT2D eigenvalue weighted by Crippen LogP contribution is -2.01. The number of rotatable bonds is 4. The van der Waals surface area contributed by atoms with Crippen molar-refractivity contribution in [2.45, 2.75) is 6.54 Å². The van der Waals surface area contributed by atoms with Crippen LogP contribution in [0.2, 0.25) is 0 Å². The average molecular weight is 326 g/mol. The number of ether oxygens (including phenoxy) is 1. The fourth-order valence-electron chi connectivity index (χ4n) is 1.70. The molecule has 0 heterocycles. The first-order chi connectivity index (χ1) is 9.08. The second kappa shape index (κ2) is 5.93. The van der Waals surface area contributed by atoms with Crippen molar-refractivity contribution in [1.82, 2.24) is 0 Å². The number of methoxy groups -OCH3 is 1. The standard InChI is InChI=1S/C14H13BrFNO2/c1-19-12-2-3-13(15)14(7-12)17-8-9-4-10(16)6-11(18)5-9/h2-7,17-18H,8H2,1H3. The first-order valence-corrected chi connectivity index (χ1v) is 6.43. The molecule has 0 fully saturated rings. The lowest BCUT2D eigenvalue weighted by atomic mass is 10.2. The molecule has 0 saturated heterocycles. The smallest absolute Gasteiger partial charge is 0.127 e. The summed E-state index contributed by atoms with van der Waals surface area (Å²) in [6, 6.07) is 9.51. The number of hydrogen-bond acceptors (Lipinski definition) is 3. The molecule has 0 bridgehead atoms. The van der Waals surface area contributed by atoms with Crippen LogP contribution in [0.25, 0.3) is 0 Å². The number of halogens is 2. The van der Waals surface area contributed by atoms with Crippen LogP contribution in [0.5, 0.6) is 11.5 Å². The molecule has 0 aliphatic rings. The van der Waals surface area contributed by atoms with Gasteiger partial charge in [0.15, 0.2) is 0 Å². The molecule has 0 aromatic heterocycles. The summed E-state index contributed by atoms with van der Waals surface area (Å²) in [6.45, 7) is 0.400. The molecule has 0 aliphatic heterocycles. The zero-order chi connectivity index (χ0) is 13.8. The van der Waals surface area contributed by atoms with Crippen LogP contribution >= 0.6 is 15.9 Å². The van der Waals surface area contributed by atoms with Crippen molar-refractivity contribution in [2.75, 3.05) is 12.4 Å². The zero-order valence-corrected chi connectivity index (χ0v) is 11.9. The van der Waals surface area contributed by atoms with Crippen molar-refractivity contribution in [2.24, 2.45) is 0 Å². The Labute approximate surface area is 119 Å². The van der Waals surface area contributed by atoms with Crippen molar-refractivity contribution < 1.29 is 14.2 Å². The maximum absolute atomic E-state index is 13.1. The van der Waals surface area contributed by atoms with Gasteiger partial charge < -0.3 is 15.2 Å². The van der Waals surface area contributed by atoms with Crippen LogP contribution < -0.4 is 10.1 Å². The molecule has 19 heavy (non-hydrogen) atoms. The average Bonchev–Trinajstić information content (AvgIpc) is 2.37. The maximum Gasteiger partial charge on any atom is 0.127 e. The Kier molecular flexibility index (Phi) is 4.27. The Balaban J connectivity index is 2.13. The molecule has 2 N–H and O–H groups in total. The van der Waals surface area contributed by atoms with Crippen LogP contribution in [0.4, 0.5) is 10.1 Å². The molecule has 0 radical (unpaired) electrons. The Bertz CT molecular complexity index is 569. The molecule has 0 amide bonds. The highest BCUT2D eigenvalue weighted by molar-refractivity contribution is 9.10. The molecule has 5 heteroatoms. The fourth-order valence-corrected chi connectivity index (χ4v) is 2.09. The van der Waals surface area contributed by atoms with E-state index >= 15 is 0 Å². The van der Waals surface area contributed by atoms with Crippen LogP contribution in [-0.4, -0.2) is 12.2 Å². The Morgan fingerprint density at radius 2 is 2.05 bits per heavy atom. The number of phenols is 1. The van der Waals surface area contributed by atoms with Gasteiger partial charge in [0.25, 0.3) is 0 Å². The minimum atomic E-state index is -0.457. The van der Waals surface area contributed by atoms with E-state index in [4.69, 9.17) is 4.74 Å². The third kappa shape index (κ3) is 3.61.